The molecule has 6 heteroatoms. The van der Waals surface area contributed by atoms with Crippen LogP contribution in [0.1, 0.15) is 11.5 Å². The van der Waals surface area contributed by atoms with Gasteiger partial charge in [0.15, 0.2) is 11.5 Å². The number of aliphatic carboxylic acids is 1. The summed E-state index contributed by atoms with van der Waals surface area (Å²) < 4.78 is 16.0. The highest BCUT2D eigenvalue weighted by molar-refractivity contribution is 5.73. The van der Waals surface area contributed by atoms with E-state index < -0.39 is 11.9 Å². The molecule has 2 unspecified atom stereocenters. The number of hydrogen-bond donors (Lipinski definition) is 2. The lowest BCUT2D eigenvalue weighted by atomic mass is 9.88. The molecule has 1 aromatic rings. The van der Waals surface area contributed by atoms with Crippen molar-refractivity contribution in [2.75, 3.05) is 34.4 Å². The standard InChI is InChI=1S/C14H19NO5/c1-18-11-5-4-8(12(19-2)13(11)20-3)9-6-15-7-10(9)14(16)17/h4-5,9-10,15H,6-7H2,1-3H3,(H,16,17). The maximum atomic E-state index is 11.3. The molecule has 1 heterocycles. The summed E-state index contributed by atoms with van der Waals surface area (Å²) in [5.41, 5.74) is 0.822. The van der Waals surface area contributed by atoms with E-state index in [2.05, 4.69) is 5.32 Å². The summed E-state index contributed by atoms with van der Waals surface area (Å²) in [6.45, 7) is 1.06. The molecule has 0 amide bonds. The van der Waals surface area contributed by atoms with Gasteiger partial charge in [0.05, 0.1) is 27.2 Å². The Morgan fingerprint density at radius 3 is 2.40 bits per heavy atom. The summed E-state index contributed by atoms with van der Waals surface area (Å²) in [6.07, 6.45) is 0. The molecular weight excluding hydrogens is 262 g/mol. The zero-order valence-corrected chi connectivity index (χ0v) is 11.8. The molecule has 2 N–H and O–H groups in total. The van der Waals surface area contributed by atoms with Gasteiger partial charge in [0.1, 0.15) is 0 Å². The molecule has 1 aromatic carbocycles. The largest absolute Gasteiger partial charge is 0.493 e. The Balaban J connectivity index is 2.48. The van der Waals surface area contributed by atoms with E-state index in [1.165, 1.54) is 7.11 Å². The summed E-state index contributed by atoms with van der Waals surface area (Å²) in [5, 5.41) is 12.4. The van der Waals surface area contributed by atoms with Gasteiger partial charge in [0, 0.05) is 24.6 Å². The Kier molecular flexibility index (Phi) is 4.34. The van der Waals surface area contributed by atoms with Crippen molar-refractivity contribution in [3.63, 3.8) is 0 Å². The maximum Gasteiger partial charge on any atom is 0.308 e. The second-order valence-electron chi connectivity index (χ2n) is 4.63. The van der Waals surface area contributed by atoms with Crippen LogP contribution in [0.25, 0.3) is 0 Å². The molecule has 6 nitrogen and oxygen atoms in total. The zero-order valence-electron chi connectivity index (χ0n) is 11.8. The smallest absolute Gasteiger partial charge is 0.308 e. The van der Waals surface area contributed by atoms with Crippen LogP contribution in [-0.4, -0.2) is 45.5 Å². The Bertz CT molecular complexity index is 503. The van der Waals surface area contributed by atoms with Crippen LogP contribution in [-0.2, 0) is 4.79 Å². The first-order valence-electron chi connectivity index (χ1n) is 6.36. The average Bonchev–Trinajstić information content (AvgIpc) is 2.94. The lowest BCUT2D eigenvalue weighted by Gasteiger charge is -2.21. The second-order valence-corrected chi connectivity index (χ2v) is 4.63. The van der Waals surface area contributed by atoms with Crippen molar-refractivity contribution in [3.05, 3.63) is 17.7 Å². The molecule has 0 bridgehead atoms. The third kappa shape index (κ3) is 2.38. The Morgan fingerprint density at radius 1 is 1.15 bits per heavy atom. The molecule has 1 saturated heterocycles. The van der Waals surface area contributed by atoms with E-state index in [4.69, 9.17) is 14.2 Å². The highest BCUT2D eigenvalue weighted by Crippen LogP contribution is 2.44. The van der Waals surface area contributed by atoms with Gasteiger partial charge >= 0.3 is 5.97 Å². The van der Waals surface area contributed by atoms with Crippen molar-refractivity contribution in [3.8, 4) is 17.2 Å². The van der Waals surface area contributed by atoms with Crippen molar-refractivity contribution >= 4 is 5.97 Å². The minimum Gasteiger partial charge on any atom is -0.493 e. The Labute approximate surface area is 117 Å². The molecule has 2 rings (SSSR count). The van der Waals surface area contributed by atoms with Crippen molar-refractivity contribution < 1.29 is 24.1 Å². The van der Waals surface area contributed by atoms with Gasteiger partial charge in [-0.05, 0) is 6.07 Å². The molecule has 2 atom stereocenters. The quantitative estimate of drug-likeness (QED) is 0.841. The summed E-state index contributed by atoms with van der Waals surface area (Å²) >= 11 is 0. The summed E-state index contributed by atoms with van der Waals surface area (Å²) in [5.74, 6) is 0.155. The van der Waals surface area contributed by atoms with Gasteiger partial charge in [0.2, 0.25) is 5.75 Å². The van der Waals surface area contributed by atoms with Crippen LogP contribution >= 0.6 is 0 Å². The molecule has 0 aliphatic carbocycles. The third-order valence-electron chi connectivity index (χ3n) is 3.67. The maximum absolute atomic E-state index is 11.3. The highest BCUT2D eigenvalue weighted by atomic mass is 16.5. The first-order chi connectivity index (χ1) is 9.63. The molecule has 1 aliphatic rings. The monoisotopic (exact) mass is 281 g/mol. The van der Waals surface area contributed by atoms with Crippen molar-refractivity contribution in [1.82, 2.24) is 5.32 Å². The minimum absolute atomic E-state index is 0.151. The Morgan fingerprint density at radius 2 is 1.85 bits per heavy atom. The number of carbonyl (C=O) groups is 1. The number of carboxylic acids is 1. The van der Waals surface area contributed by atoms with E-state index >= 15 is 0 Å². The van der Waals surface area contributed by atoms with Crippen LogP contribution in [0.15, 0.2) is 12.1 Å². The third-order valence-corrected chi connectivity index (χ3v) is 3.67. The first kappa shape index (κ1) is 14.5. The molecule has 0 aromatic heterocycles. The number of ether oxygens (including phenoxy) is 3. The average molecular weight is 281 g/mol. The predicted octanol–water partition coefficient (Wildman–Crippen LogP) is 1.10. The number of hydrogen-bond acceptors (Lipinski definition) is 5. The van der Waals surface area contributed by atoms with Crippen LogP contribution in [0.4, 0.5) is 0 Å². The lowest BCUT2D eigenvalue weighted by molar-refractivity contribution is -0.141. The molecular formula is C14H19NO5. The molecule has 1 aliphatic heterocycles. The number of rotatable bonds is 5. The topological polar surface area (TPSA) is 77.0 Å². The Hall–Kier alpha value is -1.95. The first-order valence-corrected chi connectivity index (χ1v) is 6.36. The molecule has 0 spiro atoms. The van der Waals surface area contributed by atoms with Crippen LogP contribution in [0.3, 0.4) is 0 Å². The van der Waals surface area contributed by atoms with E-state index in [9.17, 15) is 9.90 Å². The van der Waals surface area contributed by atoms with E-state index in [0.717, 1.165) is 5.56 Å². The lowest BCUT2D eigenvalue weighted by Crippen LogP contribution is -2.21. The van der Waals surface area contributed by atoms with E-state index in [1.54, 1.807) is 20.3 Å². The van der Waals surface area contributed by atoms with Gasteiger partial charge in [-0.15, -0.1) is 0 Å². The van der Waals surface area contributed by atoms with Crippen molar-refractivity contribution in [1.29, 1.82) is 0 Å². The second kappa shape index (κ2) is 6.00. The van der Waals surface area contributed by atoms with Crippen LogP contribution < -0.4 is 19.5 Å². The number of carboxylic acid groups (broad SMARTS) is 1. The molecule has 0 saturated carbocycles. The van der Waals surface area contributed by atoms with Gasteiger partial charge in [-0.3, -0.25) is 4.79 Å². The number of benzene rings is 1. The fourth-order valence-electron chi connectivity index (χ4n) is 2.68. The van der Waals surface area contributed by atoms with Gasteiger partial charge in [-0.2, -0.15) is 0 Å². The number of nitrogens with one attached hydrogen (secondary N) is 1. The SMILES string of the molecule is COc1ccc(C2CNCC2C(=O)O)c(OC)c1OC. The van der Waals surface area contributed by atoms with Crippen LogP contribution in [0, 0.1) is 5.92 Å². The summed E-state index contributed by atoms with van der Waals surface area (Å²) in [6, 6.07) is 3.61. The number of methoxy groups -OCH3 is 3. The van der Waals surface area contributed by atoms with Gasteiger partial charge in [-0.1, -0.05) is 6.07 Å². The molecule has 110 valence electrons. The summed E-state index contributed by atoms with van der Waals surface area (Å²) in [7, 11) is 4.62. The highest BCUT2D eigenvalue weighted by Gasteiger charge is 2.36. The van der Waals surface area contributed by atoms with E-state index in [-0.39, 0.29) is 5.92 Å². The molecule has 20 heavy (non-hydrogen) atoms. The minimum atomic E-state index is -0.808. The van der Waals surface area contributed by atoms with Crippen molar-refractivity contribution in [2.45, 2.75) is 5.92 Å². The normalized spacial score (nSPS) is 21.6. The zero-order chi connectivity index (χ0) is 14.7. The van der Waals surface area contributed by atoms with Crippen LogP contribution in [0.5, 0.6) is 17.2 Å². The van der Waals surface area contributed by atoms with Gasteiger partial charge < -0.3 is 24.6 Å². The van der Waals surface area contributed by atoms with E-state index in [0.29, 0.717) is 30.3 Å². The molecule has 1 fully saturated rings. The van der Waals surface area contributed by atoms with E-state index in [1.807, 2.05) is 6.07 Å². The van der Waals surface area contributed by atoms with Gasteiger partial charge in [-0.25, -0.2) is 0 Å². The summed E-state index contributed by atoms with van der Waals surface area (Å²) in [4.78, 5) is 11.3. The fourth-order valence-corrected chi connectivity index (χ4v) is 2.68. The van der Waals surface area contributed by atoms with Crippen molar-refractivity contribution in [2.24, 2.45) is 5.92 Å². The van der Waals surface area contributed by atoms with Gasteiger partial charge in [0.25, 0.3) is 0 Å². The predicted molar refractivity (Wildman–Crippen MR) is 72.8 cm³/mol. The fraction of sp³-hybridized carbons (Fsp3) is 0.500. The van der Waals surface area contributed by atoms with Crippen LogP contribution in [0.2, 0.25) is 0 Å². The molecule has 0 radical (unpaired) electrons.